The van der Waals surface area contributed by atoms with Gasteiger partial charge in [0, 0.05) is 0 Å². The highest BCUT2D eigenvalue weighted by Gasteiger charge is 2.34. The van der Waals surface area contributed by atoms with Gasteiger partial charge in [-0.25, -0.2) is 0 Å². The van der Waals surface area contributed by atoms with Crippen molar-refractivity contribution in [3.63, 3.8) is 0 Å². The topological polar surface area (TPSA) is 18.5 Å². The number of benzene rings is 1. The summed E-state index contributed by atoms with van der Waals surface area (Å²) >= 11 is 0. The molecule has 0 spiro atoms. The predicted molar refractivity (Wildman–Crippen MR) is 86.4 cm³/mol. The molecule has 0 bridgehead atoms. The summed E-state index contributed by atoms with van der Waals surface area (Å²) in [6.07, 6.45) is 4.25. The van der Waals surface area contributed by atoms with E-state index in [0.29, 0.717) is 24.0 Å². The molecule has 0 aliphatic heterocycles. The van der Waals surface area contributed by atoms with Gasteiger partial charge in [0.2, 0.25) is 0 Å². The van der Waals surface area contributed by atoms with Gasteiger partial charge < -0.3 is 9.47 Å². The van der Waals surface area contributed by atoms with Gasteiger partial charge in [0.25, 0.3) is 0 Å². The van der Waals surface area contributed by atoms with Gasteiger partial charge in [-0.15, -0.1) is 13.2 Å². The average molecular weight is 342 g/mol. The molecule has 0 unspecified atom stereocenters. The van der Waals surface area contributed by atoms with Crippen molar-refractivity contribution in [3.05, 3.63) is 23.3 Å². The highest BCUT2D eigenvalue weighted by molar-refractivity contribution is 5.50. The lowest BCUT2D eigenvalue weighted by molar-refractivity contribution is -0.275. The normalized spacial score (nSPS) is 18.8. The van der Waals surface area contributed by atoms with Crippen molar-refractivity contribution < 1.29 is 22.6 Å². The van der Waals surface area contributed by atoms with Crippen LogP contribution in [0.25, 0.3) is 0 Å². The van der Waals surface area contributed by atoms with Gasteiger partial charge in [-0.1, -0.05) is 31.7 Å². The van der Waals surface area contributed by atoms with Crippen LogP contribution in [-0.2, 0) is 6.42 Å². The Kier molecular flexibility index (Phi) is 5.26. The van der Waals surface area contributed by atoms with Crippen LogP contribution in [-0.4, -0.2) is 13.0 Å². The number of rotatable bonds is 7. The summed E-state index contributed by atoms with van der Waals surface area (Å²) in [6.45, 7) is 2.14. The van der Waals surface area contributed by atoms with Crippen molar-refractivity contribution in [2.45, 2.75) is 64.7 Å². The summed E-state index contributed by atoms with van der Waals surface area (Å²) in [5.74, 6) is 1.30. The van der Waals surface area contributed by atoms with Gasteiger partial charge in [0.15, 0.2) is 11.5 Å². The first-order chi connectivity index (χ1) is 11.4. The minimum Gasteiger partial charge on any atom is -0.490 e. The Morgan fingerprint density at radius 2 is 1.75 bits per heavy atom. The number of hydrogen-bond acceptors (Lipinski definition) is 2. The molecular formula is C19H25F3O2. The third-order valence-corrected chi connectivity index (χ3v) is 5.16. The Balaban J connectivity index is 1.71. The first-order valence-corrected chi connectivity index (χ1v) is 8.93. The first-order valence-electron chi connectivity index (χ1n) is 8.93. The lowest BCUT2D eigenvalue weighted by Crippen LogP contribution is -2.19. The van der Waals surface area contributed by atoms with Crippen LogP contribution in [0.1, 0.15) is 56.1 Å². The molecule has 24 heavy (non-hydrogen) atoms. The molecule has 2 saturated carbocycles. The molecule has 2 aliphatic rings. The van der Waals surface area contributed by atoms with E-state index in [1.165, 1.54) is 25.7 Å². The van der Waals surface area contributed by atoms with Crippen LogP contribution in [0.2, 0.25) is 0 Å². The zero-order valence-electron chi connectivity index (χ0n) is 14.1. The molecule has 1 aromatic carbocycles. The minimum atomic E-state index is -4.70. The fourth-order valence-corrected chi connectivity index (χ4v) is 3.55. The highest BCUT2D eigenvalue weighted by atomic mass is 19.4. The monoisotopic (exact) mass is 342 g/mol. The summed E-state index contributed by atoms with van der Waals surface area (Å²) in [5, 5.41) is 0. The molecule has 3 rings (SSSR count). The molecule has 0 heterocycles. The molecule has 1 aromatic rings. The van der Waals surface area contributed by atoms with E-state index < -0.39 is 6.36 Å². The zero-order valence-corrected chi connectivity index (χ0v) is 14.1. The SMILES string of the molecule is Cc1c(CC2CC2)ccc(OCCC2CCCC2)c1OC(F)(F)F. The van der Waals surface area contributed by atoms with Crippen molar-refractivity contribution in [2.75, 3.05) is 6.61 Å². The Hall–Kier alpha value is -1.39. The van der Waals surface area contributed by atoms with Crippen LogP contribution in [0.15, 0.2) is 12.1 Å². The first kappa shape index (κ1) is 17.4. The number of ether oxygens (including phenoxy) is 2. The fourth-order valence-electron chi connectivity index (χ4n) is 3.55. The van der Waals surface area contributed by atoms with Gasteiger partial charge in [-0.2, -0.15) is 0 Å². The Bertz CT molecular complexity index is 558. The molecule has 2 fully saturated rings. The molecular weight excluding hydrogens is 317 g/mol. The second kappa shape index (κ2) is 7.24. The van der Waals surface area contributed by atoms with Crippen LogP contribution in [0, 0.1) is 18.8 Å². The summed E-state index contributed by atoms with van der Waals surface area (Å²) < 4.78 is 48.4. The quantitative estimate of drug-likeness (QED) is 0.623. The van der Waals surface area contributed by atoms with Gasteiger partial charge >= 0.3 is 6.36 Å². The predicted octanol–water partition coefficient (Wildman–Crippen LogP) is 5.81. The summed E-state index contributed by atoms with van der Waals surface area (Å²) in [4.78, 5) is 0. The highest BCUT2D eigenvalue weighted by Crippen LogP contribution is 2.41. The van der Waals surface area contributed by atoms with E-state index in [9.17, 15) is 13.2 Å². The van der Waals surface area contributed by atoms with Gasteiger partial charge in [-0.05, 0) is 61.6 Å². The Morgan fingerprint density at radius 1 is 1.04 bits per heavy atom. The van der Waals surface area contributed by atoms with E-state index in [1.807, 2.05) is 6.07 Å². The Morgan fingerprint density at radius 3 is 2.38 bits per heavy atom. The van der Waals surface area contributed by atoms with Crippen LogP contribution < -0.4 is 9.47 Å². The molecule has 2 nitrogen and oxygen atoms in total. The van der Waals surface area contributed by atoms with Crippen LogP contribution in [0.3, 0.4) is 0 Å². The largest absolute Gasteiger partial charge is 0.573 e. The molecule has 2 aliphatic carbocycles. The number of halogens is 3. The molecule has 0 N–H and O–H groups in total. The standard InChI is InChI=1S/C19H25F3O2/c1-13-16(12-15-6-7-15)8-9-17(18(13)24-19(20,21)22)23-11-10-14-4-2-3-5-14/h8-9,14-15H,2-7,10-12H2,1H3. The molecule has 134 valence electrons. The fraction of sp³-hybridized carbons (Fsp3) is 0.684. The molecule has 0 atom stereocenters. The van der Waals surface area contributed by atoms with E-state index in [1.54, 1.807) is 13.0 Å². The zero-order chi connectivity index (χ0) is 17.2. The third-order valence-electron chi connectivity index (χ3n) is 5.16. The lowest BCUT2D eigenvalue weighted by Gasteiger charge is -2.19. The maximum atomic E-state index is 12.8. The van der Waals surface area contributed by atoms with E-state index in [4.69, 9.17) is 4.74 Å². The van der Waals surface area contributed by atoms with E-state index in [-0.39, 0.29) is 11.5 Å². The van der Waals surface area contributed by atoms with Crippen LogP contribution in [0.5, 0.6) is 11.5 Å². The average Bonchev–Trinajstić information content (AvgIpc) is 3.17. The van der Waals surface area contributed by atoms with Gasteiger partial charge in [0.05, 0.1) is 6.61 Å². The number of hydrogen-bond donors (Lipinski definition) is 0. The lowest BCUT2D eigenvalue weighted by atomic mass is 10.0. The van der Waals surface area contributed by atoms with Crippen LogP contribution in [0.4, 0.5) is 13.2 Å². The molecule has 0 saturated heterocycles. The van der Waals surface area contributed by atoms with E-state index in [0.717, 1.165) is 31.2 Å². The molecule has 0 radical (unpaired) electrons. The Labute approximate surface area is 141 Å². The van der Waals surface area contributed by atoms with Crippen molar-refractivity contribution in [1.29, 1.82) is 0 Å². The molecule has 5 heteroatoms. The van der Waals surface area contributed by atoms with Gasteiger partial charge in [0.1, 0.15) is 0 Å². The number of alkyl halides is 3. The molecule has 0 aromatic heterocycles. The molecule has 0 amide bonds. The summed E-state index contributed by atoms with van der Waals surface area (Å²) in [7, 11) is 0. The van der Waals surface area contributed by atoms with Crippen LogP contribution >= 0.6 is 0 Å². The smallest absolute Gasteiger partial charge is 0.490 e. The second-order valence-electron chi connectivity index (χ2n) is 7.16. The van der Waals surface area contributed by atoms with E-state index in [2.05, 4.69) is 4.74 Å². The van der Waals surface area contributed by atoms with Crippen molar-refractivity contribution in [3.8, 4) is 11.5 Å². The van der Waals surface area contributed by atoms with Crippen molar-refractivity contribution in [2.24, 2.45) is 11.8 Å². The summed E-state index contributed by atoms with van der Waals surface area (Å²) in [5.41, 5.74) is 1.48. The maximum absolute atomic E-state index is 12.8. The maximum Gasteiger partial charge on any atom is 0.573 e. The van der Waals surface area contributed by atoms with Gasteiger partial charge in [-0.3, -0.25) is 0 Å². The van der Waals surface area contributed by atoms with E-state index >= 15 is 0 Å². The summed E-state index contributed by atoms with van der Waals surface area (Å²) in [6, 6.07) is 3.53. The minimum absolute atomic E-state index is 0.160. The van der Waals surface area contributed by atoms with Crippen molar-refractivity contribution >= 4 is 0 Å². The second-order valence-corrected chi connectivity index (χ2v) is 7.16. The third kappa shape index (κ3) is 4.81. The van der Waals surface area contributed by atoms with Crippen molar-refractivity contribution in [1.82, 2.24) is 0 Å².